The Balaban J connectivity index is 2.12. The van der Waals surface area contributed by atoms with E-state index in [4.69, 9.17) is 5.73 Å². The topological polar surface area (TPSA) is 46.3 Å². The van der Waals surface area contributed by atoms with Gasteiger partial charge in [0.05, 0.1) is 5.56 Å². The van der Waals surface area contributed by atoms with Gasteiger partial charge in [-0.1, -0.05) is 12.8 Å². The van der Waals surface area contributed by atoms with Crippen LogP contribution >= 0.6 is 0 Å². The summed E-state index contributed by atoms with van der Waals surface area (Å²) in [5, 5.41) is 0. The highest BCUT2D eigenvalue weighted by Gasteiger charge is 2.22. The minimum absolute atomic E-state index is 0.0258. The minimum Gasteiger partial charge on any atom is -0.398 e. The second-order valence-electron chi connectivity index (χ2n) is 5.19. The summed E-state index contributed by atoms with van der Waals surface area (Å²) < 4.78 is 26.2. The molecule has 0 unspecified atom stereocenters. The standard InChI is InChI=1S/C14H18F2N2O/c1-18(8-9-4-2-3-5-9)14(19)10-6-11(15)12(16)7-13(10)17/h6-7,9H,2-5,8,17H2,1H3. The molecule has 2 N–H and O–H groups in total. The number of carbonyl (C=O) groups excluding carboxylic acids is 1. The molecule has 0 aliphatic heterocycles. The van der Waals surface area contributed by atoms with E-state index in [9.17, 15) is 13.6 Å². The predicted octanol–water partition coefficient (Wildman–Crippen LogP) is 2.81. The van der Waals surface area contributed by atoms with Gasteiger partial charge in [-0.25, -0.2) is 8.78 Å². The number of nitrogens with two attached hydrogens (primary N) is 1. The summed E-state index contributed by atoms with van der Waals surface area (Å²) in [7, 11) is 1.67. The number of carbonyl (C=O) groups is 1. The zero-order valence-electron chi connectivity index (χ0n) is 11.0. The van der Waals surface area contributed by atoms with E-state index in [1.807, 2.05) is 0 Å². The first-order valence-electron chi connectivity index (χ1n) is 6.49. The van der Waals surface area contributed by atoms with Gasteiger partial charge in [-0.3, -0.25) is 4.79 Å². The van der Waals surface area contributed by atoms with Gasteiger partial charge < -0.3 is 10.6 Å². The number of benzene rings is 1. The Bertz CT molecular complexity index is 485. The van der Waals surface area contributed by atoms with Crippen molar-refractivity contribution in [1.82, 2.24) is 4.90 Å². The Morgan fingerprint density at radius 1 is 1.32 bits per heavy atom. The molecule has 1 aliphatic rings. The third-order valence-electron chi connectivity index (χ3n) is 3.68. The Hall–Kier alpha value is -1.65. The second-order valence-corrected chi connectivity index (χ2v) is 5.19. The molecule has 1 aliphatic carbocycles. The zero-order valence-corrected chi connectivity index (χ0v) is 11.0. The van der Waals surface area contributed by atoms with Gasteiger partial charge in [0.25, 0.3) is 5.91 Å². The molecule has 1 fully saturated rings. The van der Waals surface area contributed by atoms with Crippen LogP contribution in [0, 0.1) is 17.6 Å². The molecule has 104 valence electrons. The predicted molar refractivity (Wildman–Crippen MR) is 69.7 cm³/mol. The van der Waals surface area contributed by atoms with E-state index in [0.717, 1.165) is 25.0 Å². The van der Waals surface area contributed by atoms with Crippen molar-refractivity contribution in [3.8, 4) is 0 Å². The van der Waals surface area contributed by atoms with Crippen molar-refractivity contribution < 1.29 is 13.6 Å². The lowest BCUT2D eigenvalue weighted by atomic mass is 10.1. The monoisotopic (exact) mass is 268 g/mol. The highest BCUT2D eigenvalue weighted by Crippen LogP contribution is 2.26. The number of anilines is 1. The van der Waals surface area contributed by atoms with Crippen LogP contribution in [0.2, 0.25) is 0 Å². The number of rotatable bonds is 3. The van der Waals surface area contributed by atoms with Crippen molar-refractivity contribution in [2.24, 2.45) is 5.92 Å². The van der Waals surface area contributed by atoms with Crippen LogP contribution in [0.5, 0.6) is 0 Å². The lowest BCUT2D eigenvalue weighted by molar-refractivity contribution is 0.0774. The van der Waals surface area contributed by atoms with Crippen molar-refractivity contribution in [2.75, 3.05) is 19.3 Å². The molecule has 2 rings (SSSR count). The van der Waals surface area contributed by atoms with Crippen LogP contribution in [-0.2, 0) is 0 Å². The smallest absolute Gasteiger partial charge is 0.255 e. The highest BCUT2D eigenvalue weighted by molar-refractivity contribution is 5.99. The molecular formula is C14H18F2N2O. The molecule has 0 aromatic heterocycles. The maximum absolute atomic E-state index is 13.2. The van der Waals surface area contributed by atoms with Gasteiger partial charge in [0.15, 0.2) is 11.6 Å². The molecule has 0 spiro atoms. The molecule has 0 heterocycles. The number of amides is 1. The van der Waals surface area contributed by atoms with Gasteiger partial charge in [-0.15, -0.1) is 0 Å². The summed E-state index contributed by atoms with van der Waals surface area (Å²) in [6.07, 6.45) is 4.62. The maximum atomic E-state index is 13.2. The fraction of sp³-hybridized carbons (Fsp3) is 0.500. The van der Waals surface area contributed by atoms with E-state index in [0.29, 0.717) is 12.5 Å². The number of nitrogen functional groups attached to an aromatic ring is 1. The number of hydrogen-bond acceptors (Lipinski definition) is 2. The van der Waals surface area contributed by atoms with Gasteiger partial charge in [0.1, 0.15) is 0 Å². The van der Waals surface area contributed by atoms with Crippen LogP contribution in [0.15, 0.2) is 12.1 Å². The summed E-state index contributed by atoms with van der Waals surface area (Å²) in [6.45, 7) is 0.636. The molecule has 3 nitrogen and oxygen atoms in total. The Morgan fingerprint density at radius 3 is 2.53 bits per heavy atom. The van der Waals surface area contributed by atoms with E-state index in [-0.39, 0.29) is 17.2 Å². The molecule has 19 heavy (non-hydrogen) atoms. The summed E-state index contributed by atoms with van der Waals surface area (Å²) in [5.41, 5.74) is 5.58. The van der Waals surface area contributed by atoms with Crippen molar-refractivity contribution in [3.05, 3.63) is 29.3 Å². The van der Waals surface area contributed by atoms with E-state index < -0.39 is 11.6 Å². The van der Waals surface area contributed by atoms with Gasteiger partial charge in [-0.05, 0) is 24.8 Å². The fourth-order valence-electron chi connectivity index (χ4n) is 2.62. The largest absolute Gasteiger partial charge is 0.398 e. The fourth-order valence-corrected chi connectivity index (χ4v) is 2.62. The van der Waals surface area contributed by atoms with Gasteiger partial charge >= 0.3 is 0 Å². The summed E-state index contributed by atoms with van der Waals surface area (Å²) in [5.74, 6) is -1.94. The Morgan fingerprint density at radius 2 is 1.89 bits per heavy atom. The molecule has 1 aromatic carbocycles. The van der Waals surface area contributed by atoms with Gasteiger partial charge in [0.2, 0.25) is 0 Å². The van der Waals surface area contributed by atoms with E-state index in [1.54, 1.807) is 11.9 Å². The second kappa shape index (κ2) is 5.55. The van der Waals surface area contributed by atoms with E-state index >= 15 is 0 Å². The lowest BCUT2D eigenvalue weighted by Gasteiger charge is -2.21. The quantitative estimate of drug-likeness (QED) is 0.857. The van der Waals surface area contributed by atoms with Crippen molar-refractivity contribution in [3.63, 3.8) is 0 Å². The summed E-state index contributed by atoms with van der Waals surface area (Å²) in [6, 6.07) is 1.73. The molecule has 0 saturated heterocycles. The molecule has 1 saturated carbocycles. The average molecular weight is 268 g/mol. The highest BCUT2D eigenvalue weighted by atomic mass is 19.2. The molecule has 0 radical (unpaired) electrons. The maximum Gasteiger partial charge on any atom is 0.255 e. The Kier molecular flexibility index (Phi) is 4.02. The van der Waals surface area contributed by atoms with Crippen LogP contribution in [0.1, 0.15) is 36.0 Å². The number of halogens is 2. The van der Waals surface area contributed by atoms with E-state index in [1.165, 1.54) is 12.8 Å². The molecule has 1 aromatic rings. The van der Waals surface area contributed by atoms with Crippen LogP contribution in [-0.4, -0.2) is 24.4 Å². The van der Waals surface area contributed by atoms with Crippen LogP contribution in [0.25, 0.3) is 0 Å². The minimum atomic E-state index is -1.05. The van der Waals surface area contributed by atoms with Crippen LogP contribution in [0.3, 0.4) is 0 Å². The zero-order chi connectivity index (χ0) is 14.0. The first-order valence-corrected chi connectivity index (χ1v) is 6.49. The molecule has 0 bridgehead atoms. The first kappa shape index (κ1) is 13.8. The molecule has 0 atom stereocenters. The summed E-state index contributed by atoms with van der Waals surface area (Å²) in [4.78, 5) is 13.7. The van der Waals surface area contributed by atoms with Gasteiger partial charge in [0, 0.05) is 25.3 Å². The number of nitrogens with zero attached hydrogens (tertiary/aromatic N) is 1. The third-order valence-corrected chi connectivity index (χ3v) is 3.68. The van der Waals surface area contributed by atoms with E-state index in [2.05, 4.69) is 0 Å². The average Bonchev–Trinajstić information content (AvgIpc) is 2.85. The lowest BCUT2D eigenvalue weighted by Crippen LogP contribution is -2.31. The van der Waals surface area contributed by atoms with Crippen molar-refractivity contribution in [1.29, 1.82) is 0 Å². The van der Waals surface area contributed by atoms with Crippen molar-refractivity contribution >= 4 is 11.6 Å². The normalized spacial score (nSPS) is 15.7. The molecular weight excluding hydrogens is 250 g/mol. The summed E-state index contributed by atoms with van der Waals surface area (Å²) >= 11 is 0. The first-order chi connectivity index (χ1) is 8.99. The number of hydrogen-bond donors (Lipinski definition) is 1. The molecule has 1 amide bonds. The van der Waals surface area contributed by atoms with Crippen LogP contribution in [0.4, 0.5) is 14.5 Å². The third kappa shape index (κ3) is 3.03. The SMILES string of the molecule is CN(CC1CCCC1)C(=O)c1cc(F)c(F)cc1N. The Labute approximate surface area is 111 Å². The van der Waals surface area contributed by atoms with Crippen LogP contribution < -0.4 is 5.73 Å². The van der Waals surface area contributed by atoms with Crippen molar-refractivity contribution in [2.45, 2.75) is 25.7 Å². The van der Waals surface area contributed by atoms with Gasteiger partial charge in [-0.2, -0.15) is 0 Å². The molecule has 5 heteroatoms.